The molecule has 0 aliphatic carbocycles. The van der Waals surface area contributed by atoms with E-state index in [0.717, 1.165) is 10.9 Å². The van der Waals surface area contributed by atoms with Gasteiger partial charge in [0, 0.05) is 40.6 Å². The van der Waals surface area contributed by atoms with Crippen LogP contribution in [0.4, 0.5) is 0 Å². The molecule has 27 heavy (non-hydrogen) atoms. The predicted molar refractivity (Wildman–Crippen MR) is 104 cm³/mol. The van der Waals surface area contributed by atoms with E-state index >= 15 is 0 Å². The summed E-state index contributed by atoms with van der Waals surface area (Å²) in [4.78, 5) is 16.9. The minimum atomic E-state index is -4.04. The molecule has 2 aromatic heterocycles. The van der Waals surface area contributed by atoms with E-state index in [1.807, 2.05) is 31.2 Å². The average molecular weight is 379 g/mol. The Bertz CT molecular complexity index is 1270. The number of nitrogens with one attached hydrogen (secondary N) is 1. The van der Waals surface area contributed by atoms with Crippen molar-refractivity contribution in [3.63, 3.8) is 0 Å². The highest BCUT2D eigenvalue weighted by Gasteiger charge is 2.23. The fourth-order valence-electron chi connectivity index (χ4n) is 3.30. The van der Waals surface area contributed by atoms with E-state index in [2.05, 4.69) is 9.71 Å². The van der Waals surface area contributed by atoms with Crippen LogP contribution in [0.25, 0.3) is 21.7 Å². The lowest BCUT2D eigenvalue weighted by Crippen LogP contribution is -2.32. The Morgan fingerprint density at radius 2 is 1.85 bits per heavy atom. The van der Waals surface area contributed by atoms with Crippen LogP contribution in [0.15, 0.2) is 71.9 Å². The van der Waals surface area contributed by atoms with Crippen LogP contribution < -0.4 is 4.72 Å². The summed E-state index contributed by atoms with van der Waals surface area (Å²) >= 11 is 0. The molecular formula is C20H17N3O3S. The summed E-state index contributed by atoms with van der Waals surface area (Å²) in [6.45, 7) is 2.46. The van der Waals surface area contributed by atoms with Gasteiger partial charge in [-0.25, -0.2) is 13.1 Å². The highest BCUT2D eigenvalue weighted by atomic mass is 32.2. The second kappa shape index (κ2) is 6.51. The van der Waals surface area contributed by atoms with Crippen LogP contribution in [0.2, 0.25) is 0 Å². The van der Waals surface area contributed by atoms with E-state index in [1.165, 1.54) is 12.3 Å². The third-order valence-corrected chi connectivity index (χ3v) is 5.91. The van der Waals surface area contributed by atoms with Gasteiger partial charge >= 0.3 is 0 Å². The molecule has 7 heteroatoms. The monoisotopic (exact) mass is 379 g/mol. The van der Waals surface area contributed by atoms with Crippen molar-refractivity contribution in [2.75, 3.05) is 0 Å². The van der Waals surface area contributed by atoms with E-state index in [1.54, 1.807) is 35.0 Å². The zero-order chi connectivity index (χ0) is 19.0. The fourth-order valence-corrected chi connectivity index (χ4v) is 4.49. The number of nitrogens with zero attached hydrogens (tertiary/aromatic N) is 2. The first-order chi connectivity index (χ1) is 13.0. The number of amides is 1. The molecule has 0 atom stereocenters. The van der Waals surface area contributed by atoms with Crippen molar-refractivity contribution in [2.24, 2.45) is 0 Å². The highest BCUT2D eigenvalue weighted by molar-refractivity contribution is 7.90. The van der Waals surface area contributed by atoms with Gasteiger partial charge in [-0.05, 0) is 31.2 Å². The number of hydrogen-bond donors (Lipinski definition) is 1. The van der Waals surface area contributed by atoms with E-state index in [-0.39, 0.29) is 4.90 Å². The SMILES string of the molecule is CCn1c(C(=O)NS(=O)(=O)c2cccc3cnccc23)cc2ccccc21. The second-order valence-electron chi connectivity index (χ2n) is 6.12. The Morgan fingerprint density at radius 1 is 1.07 bits per heavy atom. The molecule has 6 nitrogen and oxygen atoms in total. The zero-order valence-corrected chi connectivity index (χ0v) is 15.4. The summed E-state index contributed by atoms with van der Waals surface area (Å²) in [5.74, 6) is -0.654. The second-order valence-corrected chi connectivity index (χ2v) is 7.77. The van der Waals surface area contributed by atoms with Crippen LogP contribution in [0.5, 0.6) is 0 Å². The third kappa shape index (κ3) is 2.96. The Labute approximate surface area is 156 Å². The van der Waals surface area contributed by atoms with E-state index in [4.69, 9.17) is 0 Å². The summed E-state index contributed by atoms with van der Waals surface area (Å²) in [6, 6.07) is 15.8. The number of pyridine rings is 1. The highest BCUT2D eigenvalue weighted by Crippen LogP contribution is 2.23. The Hall–Kier alpha value is -3.19. The largest absolute Gasteiger partial charge is 0.337 e. The molecule has 0 fully saturated rings. The number of carbonyl (C=O) groups is 1. The number of para-hydroxylation sites is 1. The molecule has 0 unspecified atom stereocenters. The smallest absolute Gasteiger partial charge is 0.281 e. The molecular weight excluding hydrogens is 362 g/mol. The number of benzene rings is 2. The quantitative estimate of drug-likeness (QED) is 0.590. The number of carbonyl (C=O) groups excluding carboxylic acids is 1. The standard InChI is InChI=1S/C20H17N3O3S/c1-2-23-17-8-4-3-6-14(17)12-18(23)20(24)22-27(25,26)19-9-5-7-15-13-21-11-10-16(15)19/h3-13H,2H2,1H3,(H,22,24). The lowest BCUT2D eigenvalue weighted by molar-refractivity contribution is 0.0973. The summed E-state index contributed by atoms with van der Waals surface area (Å²) in [7, 11) is -4.04. The van der Waals surface area contributed by atoms with Gasteiger partial charge in [0.2, 0.25) is 0 Å². The molecule has 136 valence electrons. The Kier molecular flexibility index (Phi) is 4.16. The van der Waals surface area contributed by atoms with Crippen molar-refractivity contribution >= 4 is 37.6 Å². The topological polar surface area (TPSA) is 81.1 Å². The third-order valence-electron chi connectivity index (χ3n) is 4.52. The first-order valence-corrected chi connectivity index (χ1v) is 9.98. The molecule has 1 N–H and O–H groups in total. The van der Waals surface area contributed by atoms with E-state index in [0.29, 0.717) is 23.0 Å². The van der Waals surface area contributed by atoms with Gasteiger partial charge in [0.25, 0.3) is 15.9 Å². The van der Waals surface area contributed by atoms with Crippen LogP contribution in [0.3, 0.4) is 0 Å². The average Bonchev–Trinajstić information content (AvgIpc) is 3.06. The van der Waals surface area contributed by atoms with Gasteiger partial charge in [-0.2, -0.15) is 0 Å². The minimum absolute atomic E-state index is 0.0508. The van der Waals surface area contributed by atoms with Gasteiger partial charge in [0.05, 0.1) is 4.90 Å². The lowest BCUT2D eigenvalue weighted by atomic mass is 10.2. The number of hydrogen-bond acceptors (Lipinski definition) is 4. The Balaban J connectivity index is 1.76. The van der Waals surface area contributed by atoms with Gasteiger partial charge in [-0.1, -0.05) is 30.3 Å². The van der Waals surface area contributed by atoms with Crippen LogP contribution in [0.1, 0.15) is 17.4 Å². The maximum absolute atomic E-state index is 12.9. The molecule has 0 aliphatic heterocycles. The molecule has 0 saturated carbocycles. The molecule has 0 bridgehead atoms. The van der Waals surface area contributed by atoms with Crippen molar-refractivity contribution in [1.82, 2.24) is 14.3 Å². The lowest BCUT2D eigenvalue weighted by Gasteiger charge is -2.11. The first-order valence-electron chi connectivity index (χ1n) is 8.49. The number of fused-ring (bicyclic) bond motifs is 2. The maximum Gasteiger partial charge on any atom is 0.281 e. The van der Waals surface area contributed by atoms with Crippen molar-refractivity contribution < 1.29 is 13.2 Å². The van der Waals surface area contributed by atoms with Crippen LogP contribution in [0, 0.1) is 0 Å². The molecule has 0 radical (unpaired) electrons. The number of aryl methyl sites for hydroxylation is 1. The number of sulfonamides is 1. The number of rotatable bonds is 4. The molecule has 1 amide bonds. The molecule has 0 saturated heterocycles. The van der Waals surface area contributed by atoms with Gasteiger partial charge < -0.3 is 4.57 Å². The van der Waals surface area contributed by atoms with Crippen molar-refractivity contribution in [1.29, 1.82) is 0 Å². The van der Waals surface area contributed by atoms with Crippen LogP contribution in [-0.4, -0.2) is 23.9 Å². The van der Waals surface area contributed by atoms with Crippen molar-refractivity contribution in [2.45, 2.75) is 18.4 Å². The molecule has 0 spiro atoms. The van der Waals surface area contributed by atoms with Crippen LogP contribution >= 0.6 is 0 Å². The van der Waals surface area contributed by atoms with Crippen LogP contribution in [-0.2, 0) is 16.6 Å². The predicted octanol–water partition coefficient (Wildman–Crippen LogP) is 3.33. The summed E-state index contributed by atoms with van der Waals surface area (Å²) in [6.07, 6.45) is 3.11. The zero-order valence-electron chi connectivity index (χ0n) is 14.6. The molecule has 4 aromatic rings. The summed E-state index contributed by atoms with van der Waals surface area (Å²) in [5, 5.41) is 2.09. The molecule has 4 rings (SSSR count). The first kappa shape index (κ1) is 17.2. The summed E-state index contributed by atoms with van der Waals surface area (Å²) < 4.78 is 29.8. The van der Waals surface area contributed by atoms with Crippen molar-refractivity contribution in [3.8, 4) is 0 Å². The minimum Gasteiger partial charge on any atom is -0.337 e. The summed E-state index contributed by atoms with van der Waals surface area (Å²) in [5.41, 5.74) is 1.20. The van der Waals surface area contributed by atoms with Crippen molar-refractivity contribution in [3.05, 3.63) is 72.7 Å². The van der Waals surface area contributed by atoms with Gasteiger partial charge in [0.1, 0.15) is 5.69 Å². The van der Waals surface area contributed by atoms with E-state index in [9.17, 15) is 13.2 Å². The van der Waals surface area contributed by atoms with Gasteiger partial charge in [-0.3, -0.25) is 9.78 Å². The van der Waals surface area contributed by atoms with E-state index < -0.39 is 15.9 Å². The number of aromatic nitrogens is 2. The fraction of sp³-hybridized carbons (Fsp3) is 0.100. The van der Waals surface area contributed by atoms with Gasteiger partial charge in [0.15, 0.2) is 0 Å². The molecule has 0 aliphatic rings. The molecule has 2 aromatic carbocycles. The molecule has 2 heterocycles. The maximum atomic E-state index is 12.9. The normalized spacial score (nSPS) is 11.7. The Morgan fingerprint density at radius 3 is 2.67 bits per heavy atom. The van der Waals surface area contributed by atoms with Gasteiger partial charge in [-0.15, -0.1) is 0 Å².